The van der Waals surface area contributed by atoms with Crippen LogP contribution in [0.1, 0.15) is 12.8 Å². The van der Waals surface area contributed by atoms with Crippen molar-refractivity contribution in [1.82, 2.24) is 4.31 Å². The molecule has 0 spiro atoms. The normalized spacial score (nSPS) is 16.4. The Morgan fingerprint density at radius 1 is 1.19 bits per heavy atom. The molecule has 1 fully saturated rings. The molecule has 6 nitrogen and oxygen atoms in total. The Balaban J connectivity index is 2.15. The van der Waals surface area contributed by atoms with E-state index in [2.05, 4.69) is 0 Å². The number of hydrogen-bond acceptors (Lipinski definition) is 5. The first-order valence-electron chi connectivity index (χ1n) is 6.64. The molecule has 0 unspecified atom stereocenters. The molecular weight excluding hydrogens is 294 g/mol. The average molecular weight is 309 g/mol. The number of benzene rings is 1. The van der Waals surface area contributed by atoms with Crippen LogP contribution >= 0.6 is 0 Å². The van der Waals surface area contributed by atoms with Crippen LogP contribution in [0.25, 0.3) is 11.0 Å². The van der Waals surface area contributed by atoms with Gasteiger partial charge in [-0.3, -0.25) is 0 Å². The van der Waals surface area contributed by atoms with Crippen LogP contribution in [0.3, 0.4) is 0 Å². The van der Waals surface area contributed by atoms with E-state index >= 15 is 0 Å². The van der Waals surface area contributed by atoms with E-state index in [0.29, 0.717) is 29.8 Å². The number of methoxy groups -OCH3 is 1. The van der Waals surface area contributed by atoms with Crippen molar-refractivity contribution in [3.8, 4) is 5.75 Å². The number of hydrogen-bond donors (Lipinski definition) is 0. The van der Waals surface area contributed by atoms with Gasteiger partial charge in [0, 0.05) is 24.5 Å². The van der Waals surface area contributed by atoms with Crippen molar-refractivity contribution in [2.45, 2.75) is 17.7 Å². The van der Waals surface area contributed by atoms with Crippen LogP contribution in [0.4, 0.5) is 0 Å². The summed E-state index contributed by atoms with van der Waals surface area (Å²) in [6.45, 7) is 0.894. The molecule has 1 saturated heterocycles. The molecule has 1 aliphatic rings. The molecule has 2 aromatic rings. The summed E-state index contributed by atoms with van der Waals surface area (Å²) in [5, 5.41) is 0.549. The van der Waals surface area contributed by atoms with Crippen molar-refractivity contribution < 1.29 is 17.6 Å². The lowest BCUT2D eigenvalue weighted by atomic mass is 10.2. The molecule has 0 atom stereocenters. The molecule has 0 bridgehead atoms. The average Bonchev–Trinajstić information content (AvgIpc) is 3.00. The Morgan fingerprint density at radius 2 is 1.90 bits per heavy atom. The fourth-order valence-corrected chi connectivity index (χ4v) is 3.99. The van der Waals surface area contributed by atoms with E-state index < -0.39 is 15.6 Å². The molecule has 112 valence electrons. The maximum atomic E-state index is 12.5. The predicted octanol–water partition coefficient (Wildman–Crippen LogP) is 1.59. The summed E-state index contributed by atoms with van der Waals surface area (Å²) in [5.74, 6) is 0.542. The smallest absolute Gasteiger partial charge is 0.356 e. The molecule has 0 saturated carbocycles. The molecule has 0 radical (unpaired) electrons. The fourth-order valence-electron chi connectivity index (χ4n) is 2.45. The molecule has 1 aromatic carbocycles. The minimum Gasteiger partial charge on any atom is -0.497 e. The van der Waals surface area contributed by atoms with Crippen LogP contribution < -0.4 is 10.4 Å². The predicted molar refractivity (Wildman–Crippen MR) is 77.0 cm³/mol. The van der Waals surface area contributed by atoms with Gasteiger partial charge in [0.05, 0.1) is 7.11 Å². The van der Waals surface area contributed by atoms with Gasteiger partial charge in [-0.15, -0.1) is 0 Å². The molecule has 3 rings (SSSR count). The van der Waals surface area contributed by atoms with E-state index in [9.17, 15) is 13.2 Å². The van der Waals surface area contributed by atoms with Gasteiger partial charge in [0.25, 0.3) is 0 Å². The summed E-state index contributed by atoms with van der Waals surface area (Å²) >= 11 is 0. The summed E-state index contributed by atoms with van der Waals surface area (Å²) < 4.78 is 36.4. The van der Waals surface area contributed by atoms with Crippen LogP contribution in [0, 0.1) is 0 Å². The summed E-state index contributed by atoms with van der Waals surface area (Å²) in [6.07, 6.45) is 1.63. The minimum atomic E-state index is -3.78. The standard InChI is InChI=1S/C14H15NO5S/c1-19-11-5-4-10-8-13(14(16)20-12(10)9-11)21(17,18)15-6-2-3-7-15/h4-5,8-9H,2-3,6-7H2,1H3. The molecular formula is C14H15NO5S. The second-order valence-corrected chi connectivity index (χ2v) is 6.82. The fraction of sp³-hybridized carbons (Fsp3) is 0.357. The molecule has 2 heterocycles. The molecule has 0 amide bonds. The first-order valence-corrected chi connectivity index (χ1v) is 8.08. The van der Waals surface area contributed by atoms with Crippen LogP contribution in [0.2, 0.25) is 0 Å². The SMILES string of the molecule is COc1ccc2cc(S(=O)(=O)N3CCCC3)c(=O)oc2c1. The van der Waals surface area contributed by atoms with Crippen LogP contribution in [-0.4, -0.2) is 32.9 Å². The molecule has 0 N–H and O–H groups in total. The van der Waals surface area contributed by atoms with Crippen LogP contribution in [0.15, 0.2) is 38.4 Å². The lowest BCUT2D eigenvalue weighted by Gasteiger charge is -2.14. The second kappa shape index (κ2) is 5.16. The third kappa shape index (κ3) is 2.43. The second-order valence-electron chi connectivity index (χ2n) is 4.91. The molecule has 0 aliphatic carbocycles. The van der Waals surface area contributed by atoms with Crippen molar-refractivity contribution in [2.75, 3.05) is 20.2 Å². The lowest BCUT2D eigenvalue weighted by Crippen LogP contribution is -2.31. The molecule has 21 heavy (non-hydrogen) atoms. The van der Waals surface area contributed by atoms with E-state index in [1.165, 1.54) is 17.5 Å². The van der Waals surface area contributed by atoms with Crippen LogP contribution in [0.5, 0.6) is 5.75 Å². The van der Waals surface area contributed by atoms with Crippen molar-refractivity contribution in [3.63, 3.8) is 0 Å². The number of sulfonamides is 1. The molecule has 1 aliphatic heterocycles. The van der Waals surface area contributed by atoms with Gasteiger partial charge in [0.2, 0.25) is 10.0 Å². The van der Waals surface area contributed by atoms with Gasteiger partial charge < -0.3 is 9.15 Å². The van der Waals surface area contributed by atoms with Gasteiger partial charge >= 0.3 is 5.63 Å². The molecule has 7 heteroatoms. The van der Waals surface area contributed by atoms with Gasteiger partial charge in [-0.05, 0) is 31.0 Å². The van der Waals surface area contributed by atoms with E-state index in [1.54, 1.807) is 18.2 Å². The quantitative estimate of drug-likeness (QED) is 0.805. The first kappa shape index (κ1) is 14.1. The Kier molecular flexibility index (Phi) is 3.46. The Morgan fingerprint density at radius 3 is 2.57 bits per heavy atom. The van der Waals surface area contributed by atoms with Crippen LogP contribution in [-0.2, 0) is 10.0 Å². The Labute approximate surface area is 122 Å². The first-order chi connectivity index (χ1) is 10.0. The highest BCUT2D eigenvalue weighted by Crippen LogP contribution is 2.24. The zero-order chi connectivity index (χ0) is 15.0. The van der Waals surface area contributed by atoms with Crippen molar-refractivity contribution in [3.05, 3.63) is 34.7 Å². The number of ether oxygens (including phenoxy) is 1. The topological polar surface area (TPSA) is 76.8 Å². The number of rotatable bonds is 3. The van der Waals surface area contributed by atoms with E-state index in [0.717, 1.165) is 12.8 Å². The highest BCUT2D eigenvalue weighted by Gasteiger charge is 2.30. The molecule has 1 aromatic heterocycles. The maximum Gasteiger partial charge on any atom is 0.356 e. The number of fused-ring (bicyclic) bond motifs is 1. The summed E-state index contributed by atoms with van der Waals surface area (Å²) in [5.41, 5.74) is -0.539. The van der Waals surface area contributed by atoms with E-state index in [1.807, 2.05) is 0 Å². The summed E-state index contributed by atoms with van der Waals surface area (Å²) in [7, 11) is -2.28. The summed E-state index contributed by atoms with van der Waals surface area (Å²) in [6, 6.07) is 6.28. The van der Waals surface area contributed by atoms with Gasteiger partial charge in [-0.1, -0.05) is 0 Å². The Bertz CT molecular complexity index is 834. The van der Waals surface area contributed by atoms with Gasteiger partial charge in [0.15, 0.2) is 4.90 Å². The van der Waals surface area contributed by atoms with Gasteiger partial charge in [-0.2, -0.15) is 4.31 Å². The van der Waals surface area contributed by atoms with E-state index in [-0.39, 0.29) is 4.90 Å². The minimum absolute atomic E-state index is 0.304. The number of nitrogens with zero attached hydrogens (tertiary/aromatic N) is 1. The van der Waals surface area contributed by atoms with E-state index in [4.69, 9.17) is 9.15 Å². The zero-order valence-corrected chi connectivity index (χ0v) is 12.4. The summed E-state index contributed by atoms with van der Waals surface area (Å²) in [4.78, 5) is 11.7. The Hall–Kier alpha value is -1.86. The van der Waals surface area contributed by atoms with Crippen molar-refractivity contribution in [1.29, 1.82) is 0 Å². The highest BCUT2D eigenvalue weighted by atomic mass is 32.2. The monoisotopic (exact) mass is 309 g/mol. The zero-order valence-electron chi connectivity index (χ0n) is 11.5. The van der Waals surface area contributed by atoms with Crippen molar-refractivity contribution >= 4 is 21.0 Å². The van der Waals surface area contributed by atoms with Gasteiger partial charge in [-0.25, -0.2) is 13.2 Å². The highest BCUT2D eigenvalue weighted by molar-refractivity contribution is 7.89. The third-order valence-electron chi connectivity index (χ3n) is 3.59. The largest absolute Gasteiger partial charge is 0.497 e. The lowest BCUT2D eigenvalue weighted by molar-refractivity contribution is 0.413. The third-order valence-corrected chi connectivity index (χ3v) is 5.48. The maximum absolute atomic E-state index is 12.5. The van der Waals surface area contributed by atoms with Crippen molar-refractivity contribution in [2.24, 2.45) is 0 Å². The van der Waals surface area contributed by atoms with Gasteiger partial charge in [0.1, 0.15) is 11.3 Å².